The van der Waals surface area contributed by atoms with Crippen LogP contribution in [0.15, 0.2) is 64.5 Å². The number of para-hydroxylation sites is 1. The first-order chi connectivity index (χ1) is 12.8. The van der Waals surface area contributed by atoms with Crippen molar-refractivity contribution in [3.63, 3.8) is 0 Å². The Kier molecular flexibility index (Phi) is 6.55. The van der Waals surface area contributed by atoms with Crippen LogP contribution in [0.4, 0.5) is 5.69 Å². The van der Waals surface area contributed by atoms with E-state index in [1.54, 1.807) is 7.05 Å². The summed E-state index contributed by atoms with van der Waals surface area (Å²) in [5, 5.41) is 9.61. The summed E-state index contributed by atoms with van der Waals surface area (Å²) in [6, 6.07) is 18.3. The average molecular weight is 369 g/mol. The van der Waals surface area contributed by atoms with Crippen LogP contribution in [0.25, 0.3) is 0 Å². The molecule has 1 unspecified atom stereocenters. The number of fused-ring (bicyclic) bond motifs is 1. The van der Waals surface area contributed by atoms with Gasteiger partial charge in [-0.1, -0.05) is 36.4 Å². The molecule has 0 saturated carbocycles. The molecule has 0 saturated heterocycles. The molecule has 136 valence electrons. The highest BCUT2D eigenvalue weighted by atomic mass is 32.2. The maximum atomic E-state index is 11.9. The van der Waals surface area contributed by atoms with Crippen molar-refractivity contribution in [3.8, 4) is 0 Å². The van der Waals surface area contributed by atoms with Gasteiger partial charge in [0.15, 0.2) is 5.96 Å². The summed E-state index contributed by atoms with van der Waals surface area (Å²) in [5.41, 5.74) is 2.09. The van der Waals surface area contributed by atoms with E-state index in [2.05, 4.69) is 51.3 Å². The lowest BCUT2D eigenvalue weighted by atomic mass is 9.90. The molecule has 2 aromatic carbocycles. The van der Waals surface area contributed by atoms with Crippen molar-refractivity contribution >= 4 is 29.3 Å². The second-order valence-corrected chi connectivity index (χ2v) is 7.25. The predicted octanol–water partition coefficient (Wildman–Crippen LogP) is 3.07. The van der Waals surface area contributed by atoms with Gasteiger partial charge in [0, 0.05) is 48.8 Å². The van der Waals surface area contributed by atoms with E-state index in [4.69, 9.17) is 0 Å². The van der Waals surface area contributed by atoms with Crippen molar-refractivity contribution in [1.82, 2.24) is 10.6 Å². The zero-order valence-corrected chi connectivity index (χ0v) is 15.7. The predicted molar refractivity (Wildman–Crippen MR) is 109 cm³/mol. The first-order valence-electron chi connectivity index (χ1n) is 8.77. The van der Waals surface area contributed by atoms with Crippen LogP contribution >= 0.6 is 11.8 Å². The lowest BCUT2D eigenvalue weighted by molar-refractivity contribution is -0.116. The molecule has 1 heterocycles. The minimum atomic E-state index is 0.0673. The molecule has 0 aliphatic carbocycles. The fraction of sp³-hybridized carbons (Fsp3) is 0.300. The number of carbonyl (C=O) groups is 1. The van der Waals surface area contributed by atoms with Gasteiger partial charge < -0.3 is 16.0 Å². The second kappa shape index (κ2) is 9.29. The number of rotatable bonds is 6. The summed E-state index contributed by atoms with van der Waals surface area (Å²) < 4.78 is 0. The molecule has 1 aliphatic heterocycles. The number of thioether (sulfide) groups is 1. The lowest BCUT2D eigenvalue weighted by Crippen LogP contribution is -2.41. The molecule has 3 N–H and O–H groups in total. The van der Waals surface area contributed by atoms with E-state index in [0.29, 0.717) is 13.0 Å². The van der Waals surface area contributed by atoms with Crippen LogP contribution in [0.1, 0.15) is 17.9 Å². The number of benzene rings is 2. The van der Waals surface area contributed by atoms with Crippen LogP contribution in [0.3, 0.4) is 0 Å². The Morgan fingerprint density at radius 1 is 1.15 bits per heavy atom. The molecule has 2 aromatic rings. The van der Waals surface area contributed by atoms with Crippen molar-refractivity contribution in [3.05, 3.63) is 60.2 Å². The largest absolute Gasteiger partial charge is 0.356 e. The van der Waals surface area contributed by atoms with E-state index < -0.39 is 0 Å². The second-order valence-electron chi connectivity index (χ2n) is 6.08. The summed E-state index contributed by atoms with van der Waals surface area (Å²) in [6.07, 6.45) is 0.491. The van der Waals surface area contributed by atoms with Crippen molar-refractivity contribution in [2.75, 3.05) is 31.2 Å². The number of nitrogens with zero attached hydrogens (tertiary/aromatic N) is 1. The topological polar surface area (TPSA) is 65.5 Å². The SMILES string of the molecule is CN=C(NCCSc1ccccc1)NCC1CC(=O)Nc2ccccc21. The van der Waals surface area contributed by atoms with Gasteiger partial charge in [0.2, 0.25) is 5.91 Å². The van der Waals surface area contributed by atoms with Crippen molar-refractivity contribution in [2.45, 2.75) is 17.2 Å². The van der Waals surface area contributed by atoms with Crippen molar-refractivity contribution in [2.24, 2.45) is 4.99 Å². The summed E-state index contributed by atoms with van der Waals surface area (Å²) in [5.74, 6) is 1.94. The first kappa shape index (κ1) is 18.3. The molecule has 26 heavy (non-hydrogen) atoms. The summed E-state index contributed by atoms with van der Waals surface area (Å²) in [6.45, 7) is 1.50. The van der Waals surface area contributed by atoms with Crippen LogP contribution in [0.5, 0.6) is 0 Å². The minimum absolute atomic E-state index is 0.0673. The molecule has 1 aliphatic rings. The Labute approximate surface area is 158 Å². The van der Waals surface area contributed by atoms with Gasteiger partial charge >= 0.3 is 0 Å². The molecule has 0 radical (unpaired) electrons. The molecule has 0 fully saturated rings. The number of guanidine groups is 1. The van der Waals surface area contributed by atoms with Gasteiger partial charge in [-0.05, 0) is 23.8 Å². The van der Waals surface area contributed by atoms with Gasteiger partial charge in [-0.2, -0.15) is 0 Å². The molecule has 6 heteroatoms. The maximum Gasteiger partial charge on any atom is 0.225 e. The molecule has 1 amide bonds. The lowest BCUT2D eigenvalue weighted by Gasteiger charge is -2.26. The number of anilines is 1. The third-order valence-electron chi connectivity index (χ3n) is 4.25. The first-order valence-corrected chi connectivity index (χ1v) is 9.76. The van der Waals surface area contributed by atoms with Gasteiger partial charge in [-0.25, -0.2) is 0 Å². The fourth-order valence-corrected chi connectivity index (χ4v) is 3.77. The molecule has 1 atom stereocenters. The Hall–Kier alpha value is -2.47. The van der Waals surface area contributed by atoms with Gasteiger partial charge in [-0.15, -0.1) is 11.8 Å². The van der Waals surface area contributed by atoms with Crippen molar-refractivity contribution in [1.29, 1.82) is 0 Å². The third kappa shape index (κ3) is 5.02. The monoisotopic (exact) mass is 368 g/mol. The Morgan fingerprint density at radius 3 is 2.73 bits per heavy atom. The van der Waals surface area contributed by atoms with E-state index in [-0.39, 0.29) is 11.8 Å². The zero-order chi connectivity index (χ0) is 18.2. The third-order valence-corrected chi connectivity index (χ3v) is 5.27. The Bertz CT molecular complexity index is 763. The van der Waals surface area contributed by atoms with E-state index >= 15 is 0 Å². The molecular formula is C20H24N4OS. The minimum Gasteiger partial charge on any atom is -0.356 e. The van der Waals surface area contributed by atoms with Gasteiger partial charge in [0.1, 0.15) is 0 Å². The number of nitrogens with one attached hydrogen (secondary N) is 3. The standard InChI is InChI=1S/C20H24N4OS/c1-21-20(22-11-12-26-16-7-3-2-4-8-16)23-14-15-13-19(25)24-18-10-6-5-9-17(15)18/h2-10,15H,11-14H2,1H3,(H,24,25)(H2,21,22,23). The normalized spacial score (nSPS) is 16.6. The van der Waals surface area contributed by atoms with E-state index in [1.807, 2.05) is 36.0 Å². The highest BCUT2D eigenvalue weighted by Gasteiger charge is 2.24. The molecule has 5 nitrogen and oxygen atoms in total. The van der Waals surface area contributed by atoms with Gasteiger partial charge in [-0.3, -0.25) is 9.79 Å². The zero-order valence-electron chi connectivity index (χ0n) is 14.9. The highest BCUT2D eigenvalue weighted by molar-refractivity contribution is 7.99. The summed E-state index contributed by atoms with van der Waals surface area (Å²) in [7, 11) is 1.77. The quantitative estimate of drug-likeness (QED) is 0.317. The van der Waals surface area contributed by atoms with Crippen LogP contribution in [0.2, 0.25) is 0 Å². The number of hydrogen-bond acceptors (Lipinski definition) is 3. The molecule has 3 rings (SSSR count). The molecule has 0 spiro atoms. The molecule has 0 bridgehead atoms. The van der Waals surface area contributed by atoms with Crippen molar-refractivity contribution < 1.29 is 4.79 Å². The number of aliphatic imine (C=N–C) groups is 1. The van der Waals surface area contributed by atoms with Crippen LogP contribution in [0, 0.1) is 0 Å². The van der Waals surface area contributed by atoms with Crippen LogP contribution in [-0.2, 0) is 4.79 Å². The van der Waals surface area contributed by atoms with E-state index in [0.717, 1.165) is 23.9 Å². The number of amides is 1. The number of carbonyl (C=O) groups excluding carboxylic acids is 1. The Balaban J connectivity index is 1.46. The molecule has 0 aromatic heterocycles. The Morgan fingerprint density at radius 2 is 1.92 bits per heavy atom. The van der Waals surface area contributed by atoms with Gasteiger partial charge in [0.05, 0.1) is 0 Å². The molecular weight excluding hydrogens is 344 g/mol. The van der Waals surface area contributed by atoms with Crippen LogP contribution < -0.4 is 16.0 Å². The smallest absolute Gasteiger partial charge is 0.225 e. The summed E-state index contributed by atoms with van der Waals surface area (Å²) in [4.78, 5) is 17.5. The average Bonchev–Trinajstić information content (AvgIpc) is 2.68. The number of hydrogen-bond donors (Lipinski definition) is 3. The van der Waals surface area contributed by atoms with E-state index in [9.17, 15) is 4.79 Å². The van der Waals surface area contributed by atoms with Crippen LogP contribution in [-0.4, -0.2) is 37.8 Å². The fourth-order valence-electron chi connectivity index (χ4n) is 2.98. The van der Waals surface area contributed by atoms with E-state index in [1.165, 1.54) is 10.5 Å². The summed E-state index contributed by atoms with van der Waals surface area (Å²) >= 11 is 1.81. The van der Waals surface area contributed by atoms with Gasteiger partial charge in [0.25, 0.3) is 0 Å². The highest BCUT2D eigenvalue weighted by Crippen LogP contribution is 2.31. The maximum absolute atomic E-state index is 11.9.